The number of hydrogen-bond donors (Lipinski definition) is 1. The van der Waals surface area contributed by atoms with Gasteiger partial charge < -0.3 is 5.73 Å². The Morgan fingerprint density at radius 2 is 1.82 bits per heavy atom. The summed E-state index contributed by atoms with van der Waals surface area (Å²) in [5.41, 5.74) is 8.15. The summed E-state index contributed by atoms with van der Waals surface area (Å²) in [4.78, 5) is 22.8. The lowest BCUT2D eigenvalue weighted by Crippen LogP contribution is -2.02. The Morgan fingerprint density at radius 3 is 2.45 bits per heavy atom. The minimum atomic E-state index is -0.542. The van der Waals surface area contributed by atoms with E-state index >= 15 is 0 Å². The van der Waals surface area contributed by atoms with Crippen LogP contribution in [0.15, 0.2) is 55.1 Å². The molecule has 0 fully saturated rings. The average molecular weight is 293 g/mol. The molecule has 3 aromatic heterocycles. The van der Waals surface area contributed by atoms with Crippen molar-refractivity contribution in [2.45, 2.75) is 0 Å². The molecule has 7 heteroatoms. The van der Waals surface area contributed by atoms with Crippen molar-refractivity contribution in [2.24, 2.45) is 0 Å². The van der Waals surface area contributed by atoms with Crippen LogP contribution in [0.3, 0.4) is 0 Å². The molecule has 7 nitrogen and oxygen atoms in total. The zero-order valence-corrected chi connectivity index (χ0v) is 11.4. The van der Waals surface area contributed by atoms with Gasteiger partial charge in [0.05, 0.1) is 10.6 Å². The molecule has 0 saturated carbocycles. The number of nitrogens with two attached hydrogens (primary N) is 1. The van der Waals surface area contributed by atoms with Gasteiger partial charge in [-0.15, -0.1) is 0 Å². The molecule has 3 heterocycles. The lowest BCUT2D eigenvalue weighted by atomic mass is 10.0. The molecule has 0 aliphatic rings. The number of pyridine rings is 3. The van der Waals surface area contributed by atoms with Crippen LogP contribution in [-0.2, 0) is 0 Å². The van der Waals surface area contributed by atoms with E-state index in [9.17, 15) is 10.1 Å². The van der Waals surface area contributed by atoms with Crippen molar-refractivity contribution in [1.29, 1.82) is 0 Å². The van der Waals surface area contributed by atoms with Gasteiger partial charge in [0.25, 0.3) is 0 Å². The maximum atomic E-state index is 11.1. The first-order chi connectivity index (χ1) is 10.7. The van der Waals surface area contributed by atoms with Crippen molar-refractivity contribution in [2.75, 3.05) is 5.73 Å². The molecular formula is C15H11N5O2. The highest BCUT2D eigenvalue weighted by molar-refractivity contribution is 5.84. The molecule has 2 N–H and O–H groups in total. The molecule has 0 aliphatic heterocycles. The maximum Gasteiger partial charge on any atom is 0.311 e. The normalized spacial score (nSPS) is 10.4. The smallest absolute Gasteiger partial charge is 0.311 e. The number of nitrogens with zero attached hydrogens (tertiary/aromatic N) is 4. The first kappa shape index (κ1) is 13.6. The summed E-state index contributed by atoms with van der Waals surface area (Å²) < 4.78 is 0. The van der Waals surface area contributed by atoms with Gasteiger partial charge in [-0.1, -0.05) is 0 Å². The Bertz CT molecular complexity index is 822. The summed E-state index contributed by atoms with van der Waals surface area (Å²) in [5, 5.41) is 11.1. The molecule has 0 amide bonds. The van der Waals surface area contributed by atoms with Gasteiger partial charge in [0, 0.05) is 42.0 Å². The SMILES string of the molecule is Nc1nc(-c2cccnc2)c(-c2ccncc2)cc1[N+](=O)[O-]. The molecule has 22 heavy (non-hydrogen) atoms. The van der Waals surface area contributed by atoms with Crippen molar-refractivity contribution >= 4 is 11.5 Å². The number of anilines is 1. The third-order valence-electron chi connectivity index (χ3n) is 3.15. The molecule has 108 valence electrons. The van der Waals surface area contributed by atoms with E-state index in [1.807, 2.05) is 6.07 Å². The van der Waals surface area contributed by atoms with E-state index in [1.54, 1.807) is 43.0 Å². The Hall–Kier alpha value is -3.35. The summed E-state index contributed by atoms with van der Waals surface area (Å²) in [6.07, 6.45) is 6.51. The van der Waals surface area contributed by atoms with Crippen molar-refractivity contribution in [3.8, 4) is 22.4 Å². The molecular weight excluding hydrogens is 282 g/mol. The van der Waals surface area contributed by atoms with Crippen LogP contribution in [0.25, 0.3) is 22.4 Å². The van der Waals surface area contributed by atoms with Crippen molar-refractivity contribution in [1.82, 2.24) is 15.0 Å². The van der Waals surface area contributed by atoms with Gasteiger partial charge in [-0.05, 0) is 29.8 Å². The van der Waals surface area contributed by atoms with Crippen LogP contribution in [-0.4, -0.2) is 19.9 Å². The summed E-state index contributed by atoms with van der Waals surface area (Å²) in [7, 11) is 0. The van der Waals surface area contributed by atoms with Crippen LogP contribution in [0.4, 0.5) is 11.5 Å². The molecule has 0 unspecified atom stereocenters. The molecule has 0 radical (unpaired) electrons. The first-order valence-electron chi connectivity index (χ1n) is 6.42. The van der Waals surface area contributed by atoms with E-state index in [-0.39, 0.29) is 11.5 Å². The Kier molecular flexibility index (Phi) is 3.45. The highest BCUT2D eigenvalue weighted by Crippen LogP contribution is 2.35. The summed E-state index contributed by atoms with van der Waals surface area (Å²) >= 11 is 0. The zero-order chi connectivity index (χ0) is 15.5. The first-order valence-corrected chi connectivity index (χ1v) is 6.42. The minimum absolute atomic E-state index is 0.123. The fourth-order valence-corrected chi connectivity index (χ4v) is 2.14. The molecule has 3 aromatic rings. The fraction of sp³-hybridized carbons (Fsp3) is 0. The number of hydrogen-bond acceptors (Lipinski definition) is 6. The monoisotopic (exact) mass is 293 g/mol. The van der Waals surface area contributed by atoms with E-state index in [0.29, 0.717) is 11.3 Å². The van der Waals surface area contributed by atoms with Crippen LogP contribution in [0.1, 0.15) is 0 Å². The second-order valence-electron chi connectivity index (χ2n) is 4.52. The standard InChI is InChI=1S/C15H11N5O2/c16-15-13(20(21)22)8-12(10-3-6-17-7-4-10)14(19-15)11-2-1-5-18-9-11/h1-9H,(H2,16,19). The molecule has 0 aliphatic carbocycles. The fourth-order valence-electron chi connectivity index (χ4n) is 2.14. The highest BCUT2D eigenvalue weighted by atomic mass is 16.6. The third-order valence-corrected chi connectivity index (χ3v) is 3.15. The molecule has 0 spiro atoms. The van der Waals surface area contributed by atoms with Gasteiger partial charge in [-0.3, -0.25) is 20.1 Å². The number of nitro groups is 1. The van der Waals surface area contributed by atoms with E-state index in [1.165, 1.54) is 6.07 Å². The zero-order valence-electron chi connectivity index (χ0n) is 11.4. The highest BCUT2D eigenvalue weighted by Gasteiger charge is 2.19. The van der Waals surface area contributed by atoms with Gasteiger partial charge in [-0.2, -0.15) is 0 Å². The average Bonchev–Trinajstić information content (AvgIpc) is 2.56. The molecule has 0 aromatic carbocycles. The Morgan fingerprint density at radius 1 is 1.05 bits per heavy atom. The Balaban J connectivity index is 2.29. The van der Waals surface area contributed by atoms with Gasteiger partial charge >= 0.3 is 5.69 Å². The topological polar surface area (TPSA) is 108 Å². The lowest BCUT2D eigenvalue weighted by Gasteiger charge is -2.10. The number of aromatic nitrogens is 3. The largest absolute Gasteiger partial charge is 0.378 e. The van der Waals surface area contributed by atoms with Crippen LogP contribution in [0.5, 0.6) is 0 Å². The van der Waals surface area contributed by atoms with Crippen molar-refractivity contribution < 1.29 is 4.92 Å². The molecule has 0 bridgehead atoms. The van der Waals surface area contributed by atoms with Crippen LogP contribution < -0.4 is 5.73 Å². The molecule has 3 rings (SSSR count). The second-order valence-corrected chi connectivity index (χ2v) is 4.52. The number of rotatable bonds is 3. The summed E-state index contributed by atoms with van der Waals surface area (Å²) in [6, 6.07) is 8.55. The van der Waals surface area contributed by atoms with E-state index in [4.69, 9.17) is 5.73 Å². The minimum Gasteiger partial charge on any atom is -0.378 e. The maximum absolute atomic E-state index is 11.1. The van der Waals surface area contributed by atoms with Gasteiger partial charge in [0.2, 0.25) is 5.82 Å². The van der Waals surface area contributed by atoms with Crippen LogP contribution in [0, 0.1) is 10.1 Å². The molecule has 0 atom stereocenters. The van der Waals surface area contributed by atoms with E-state index in [0.717, 1.165) is 11.1 Å². The van der Waals surface area contributed by atoms with Gasteiger partial charge in [0.1, 0.15) is 0 Å². The van der Waals surface area contributed by atoms with Gasteiger partial charge in [0.15, 0.2) is 0 Å². The van der Waals surface area contributed by atoms with Crippen LogP contribution in [0.2, 0.25) is 0 Å². The van der Waals surface area contributed by atoms with Crippen molar-refractivity contribution in [3.63, 3.8) is 0 Å². The predicted octanol–water partition coefficient (Wildman–Crippen LogP) is 2.70. The van der Waals surface area contributed by atoms with E-state index < -0.39 is 4.92 Å². The lowest BCUT2D eigenvalue weighted by molar-refractivity contribution is -0.384. The third kappa shape index (κ3) is 2.47. The number of nitrogen functional groups attached to an aromatic ring is 1. The summed E-state index contributed by atoms with van der Waals surface area (Å²) in [5.74, 6) is -0.123. The quantitative estimate of drug-likeness (QED) is 0.587. The predicted molar refractivity (Wildman–Crippen MR) is 81.8 cm³/mol. The Labute approximate surface area is 125 Å². The summed E-state index contributed by atoms with van der Waals surface area (Å²) in [6.45, 7) is 0. The van der Waals surface area contributed by atoms with Gasteiger partial charge in [-0.25, -0.2) is 4.98 Å². The van der Waals surface area contributed by atoms with Crippen molar-refractivity contribution in [3.05, 3.63) is 65.2 Å². The van der Waals surface area contributed by atoms with E-state index in [2.05, 4.69) is 15.0 Å². The molecule has 0 saturated heterocycles. The van der Waals surface area contributed by atoms with Crippen LogP contribution >= 0.6 is 0 Å². The second kappa shape index (κ2) is 5.57.